The molecule has 0 radical (unpaired) electrons. The third kappa shape index (κ3) is 2.70. The van der Waals surface area contributed by atoms with Gasteiger partial charge in [0.25, 0.3) is 5.91 Å². The van der Waals surface area contributed by atoms with Crippen LogP contribution >= 0.6 is 11.6 Å². The predicted octanol–water partition coefficient (Wildman–Crippen LogP) is 2.50. The van der Waals surface area contributed by atoms with Gasteiger partial charge in [-0.2, -0.15) is 0 Å². The third-order valence-electron chi connectivity index (χ3n) is 4.87. The number of carbonyl (C=O) groups excluding carboxylic acids is 1. The van der Waals surface area contributed by atoms with Crippen LogP contribution in [0.4, 0.5) is 11.5 Å². The monoisotopic (exact) mass is 374 g/mol. The number of rotatable bonds is 3. The molecule has 1 fully saturated rings. The van der Waals surface area contributed by atoms with Gasteiger partial charge in [-0.1, -0.05) is 23.2 Å². The van der Waals surface area contributed by atoms with Gasteiger partial charge in [0, 0.05) is 6.20 Å². The van der Waals surface area contributed by atoms with Gasteiger partial charge in [-0.15, -0.1) is 0 Å². The van der Waals surface area contributed by atoms with Crippen molar-refractivity contribution < 1.29 is 9.63 Å². The molecular weight excluding hydrogens is 356 g/mol. The van der Waals surface area contributed by atoms with Gasteiger partial charge in [-0.05, 0) is 37.8 Å². The number of pyridine rings is 1. The fraction of sp³-hybridized carbons (Fsp3) is 0.412. The van der Waals surface area contributed by atoms with Crippen LogP contribution < -0.4 is 16.1 Å². The molecule has 0 aromatic carbocycles. The molecule has 1 spiro atoms. The van der Waals surface area contributed by atoms with Crippen LogP contribution in [0.1, 0.15) is 42.6 Å². The van der Waals surface area contributed by atoms with E-state index in [-0.39, 0.29) is 5.91 Å². The lowest BCUT2D eigenvalue weighted by Crippen LogP contribution is -2.49. The van der Waals surface area contributed by atoms with Gasteiger partial charge in [-0.25, -0.2) is 9.97 Å². The Morgan fingerprint density at radius 1 is 1.38 bits per heavy atom. The Labute approximate surface area is 155 Å². The normalized spacial score (nSPS) is 18.5. The van der Waals surface area contributed by atoms with Crippen LogP contribution in [-0.2, 0) is 10.5 Å². The van der Waals surface area contributed by atoms with Crippen LogP contribution in [0, 0.1) is 0 Å². The molecule has 0 unspecified atom stereocenters. The van der Waals surface area contributed by atoms with Crippen molar-refractivity contribution in [3.05, 3.63) is 40.9 Å². The van der Waals surface area contributed by atoms with Gasteiger partial charge in [0.2, 0.25) is 0 Å². The second kappa shape index (κ2) is 6.60. The van der Waals surface area contributed by atoms with Crippen molar-refractivity contribution in [1.82, 2.24) is 19.9 Å². The molecule has 3 heterocycles. The number of hydrogen-bond acceptors (Lipinski definition) is 6. The molecule has 26 heavy (non-hydrogen) atoms. The summed E-state index contributed by atoms with van der Waals surface area (Å²) in [6.07, 6.45) is 7.95. The minimum Gasteiger partial charge on any atom is -0.397 e. The molecule has 2 N–H and O–H groups in total. The van der Waals surface area contributed by atoms with E-state index < -0.39 is 5.66 Å². The fourth-order valence-electron chi connectivity index (χ4n) is 3.80. The topological polar surface area (TPSA) is 93.4 Å². The summed E-state index contributed by atoms with van der Waals surface area (Å²) in [5, 5.41) is 10.9. The molecule has 1 amide bonds. The van der Waals surface area contributed by atoms with Crippen molar-refractivity contribution in [1.29, 1.82) is 0 Å². The Morgan fingerprint density at radius 2 is 2.19 bits per heavy atom. The lowest BCUT2D eigenvalue weighted by molar-refractivity contribution is 0.0871. The van der Waals surface area contributed by atoms with Gasteiger partial charge in [0.15, 0.2) is 5.49 Å². The number of anilines is 2. The summed E-state index contributed by atoms with van der Waals surface area (Å²) in [6, 6.07) is 3.41. The standard InChI is InChI=1S/C17H19ClN6O2/c1-26-23-15-12(21-13-5-8-19-10-20-13)9-11(18)14-16(25)22-17(24(14)15)6-3-2-4-7-17/h5,8-10H,2-4,6-7H2,1H3,(H,22,25)(H,19,20,21)/b23-15+. The largest absolute Gasteiger partial charge is 0.397 e. The van der Waals surface area contributed by atoms with Gasteiger partial charge in [0.05, 0.1) is 10.7 Å². The highest BCUT2D eigenvalue weighted by atomic mass is 35.5. The molecule has 4 rings (SSSR count). The van der Waals surface area contributed by atoms with Gasteiger partial charge in [-0.3, -0.25) is 9.36 Å². The van der Waals surface area contributed by atoms with Crippen molar-refractivity contribution in [3.8, 4) is 0 Å². The minimum absolute atomic E-state index is 0.182. The zero-order chi connectivity index (χ0) is 18.1. The quantitative estimate of drug-likeness (QED) is 0.805. The Bertz CT molecular complexity index is 905. The average molecular weight is 375 g/mol. The first-order valence-electron chi connectivity index (χ1n) is 8.53. The van der Waals surface area contributed by atoms with Crippen LogP contribution in [0.2, 0.25) is 5.02 Å². The smallest absolute Gasteiger partial charge is 0.271 e. The summed E-state index contributed by atoms with van der Waals surface area (Å²) in [4.78, 5) is 25.8. The number of halogens is 1. The van der Waals surface area contributed by atoms with E-state index in [0.717, 1.165) is 32.1 Å². The highest BCUT2D eigenvalue weighted by Gasteiger charge is 2.45. The Balaban J connectivity index is 1.93. The van der Waals surface area contributed by atoms with E-state index >= 15 is 0 Å². The zero-order valence-corrected chi connectivity index (χ0v) is 15.1. The first-order valence-corrected chi connectivity index (χ1v) is 8.91. The molecule has 8 nitrogen and oxygen atoms in total. The summed E-state index contributed by atoms with van der Waals surface area (Å²) < 4.78 is 1.89. The number of amides is 1. The van der Waals surface area contributed by atoms with E-state index in [2.05, 4.69) is 25.8 Å². The summed E-state index contributed by atoms with van der Waals surface area (Å²) in [7, 11) is 1.48. The van der Waals surface area contributed by atoms with Crippen molar-refractivity contribution >= 4 is 29.0 Å². The van der Waals surface area contributed by atoms with Crippen molar-refractivity contribution in [2.45, 2.75) is 37.8 Å². The van der Waals surface area contributed by atoms with E-state index in [1.807, 2.05) is 4.57 Å². The minimum atomic E-state index is -0.519. The van der Waals surface area contributed by atoms with Gasteiger partial charge < -0.3 is 15.5 Å². The molecule has 1 saturated carbocycles. The summed E-state index contributed by atoms with van der Waals surface area (Å²) in [6.45, 7) is 0. The molecule has 1 aliphatic heterocycles. The maximum Gasteiger partial charge on any atom is 0.271 e. The maximum absolute atomic E-state index is 12.6. The number of aromatic nitrogens is 3. The number of nitrogens with zero attached hydrogens (tertiary/aromatic N) is 4. The fourth-order valence-corrected chi connectivity index (χ4v) is 4.08. The molecule has 9 heteroatoms. The number of hydrogen-bond donors (Lipinski definition) is 2. The lowest BCUT2D eigenvalue weighted by Gasteiger charge is -2.36. The number of carbonyl (C=O) groups is 1. The first kappa shape index (κ1) is 16.8. The van der Waals surface area contributed by atoms with E-state index in [1.54, 1.807) is 18.3 Å². The van der Waals surface area contributed by atoms with Crippen molar-refractivity contribution in [2.24, 2.45) is 5.16 Å². The summed E-state index contributed by atoms with van der Waals surface area (Å²) in [5.74, 6) is 0.414. The van der Waals surface area contributed by atoms with Crippen LogP contribution in [-0.4, -0.2) is 27.6 Å². The van der Waals surface area contributed by atoms with Crippen LogP contribution in [0.3, 0.4) is 0 Å². The molecule has 0 atom stereocenters. The SMILES string of the molecule is CO/N=c1\c(Nc2ccncn2)cc(Cl)c2n1C1(CCCCC1)NC2=O. The maximum atomic E-state index is 12.6. The van der Waals surface area contributed by atoms with Crippen LogP contribution in [0.25, 0.3) is 0 Å². The van der Waals surface area contributed by atoms with Crippen molar-refractivity contribution in [3.63, 3.8) is 0 Å². The Kier molecular flexibility index (Phi) is 4.28. The number of fused-ring (bicyclic) bond motifs is 2. The van der Waals surface area contributed by atoms with E-state index in [1.165, 1.54) is 13.4 Å². The zero-order valence-electron chi connectivity index (χ0n) is 14.3. The highest BCUT2D eigenvalue weighted by Crippen LogP contribution is 2.38. The molecule has 0 bridgehead atoms. The molecule has 2 aromatic heterocycles. The highest BCUT2D eigenvalue weighted by molar-refractivity contribution is 6.34. The first-order chi connectivity index (χ1) is 12.6. The van der Waals surface area contributed by atoms with Gasteiger partial charge in [0.1, 0.15) is 30.6 Å². The molecule has 1 aliphatic carbocycles. The van der Waals surface area contributed by atoms with Crippen molar-refractivity contribution in [2.75, 3.05) is 12.4 Å². The van der Waals surface area contributed by atoms with E-state index in [4.69, 9.17) is 16.4 Å². The average Bonchev–Trinajstić information content (AvgIpc) is 2.92. The molecule has 136 valence electrons. The summed E-state index contributed by atoms with van der Waals surface area (Å²) >= 11 is 6.47. The number of nitrogens with one attached hydrogen (secondary N) is 2. The molecule has 2 aliphatic rings. The Morgan fingerprint density at radius 3 is 2.88 bits per heavy atom. The predicted molar refractivity (Wildman–Crippen MR) is 95.9 cm³/mol. The second-order valence-electron chi connectivity index (χ2n) is 6.45. The van der Waals surface area contributed by atoms with E-state index in [9.17, 15) is 4.79 Å². The van der Waals surface area contributed by atoms with Gasteiger partial charge >= 0.3 is 0 Å². The second-order valence-corrected chi connectivity index (χ2v) is 6.86. The third-order valence-corrected chi connectivity index (χ3v) is 5.15. The van der Waals surface area contributed by atoms with E-state index in [0.29, 0.717) is 27.7 Å². The van der Waals surface area contributed by atoms with Crippen LogP contribution in [0.15, 0.2) is 29.8 Å². The molecule has 2 aromatic rings. The lowest BCUT2D eigenvalue weighted by atomic mass is 9.89. The molecular formula is C17H19ClN6O2. The molecule has 0 saturated heterocycles. The Hall–Kier alpha value is -2.61. The summed E-state index contributed by atoms with van der Waals surface area (Å²) in [5.41, 5.74) is 1.01. The van der Waals surface area contributed by atoms with Crippen LogP contribution in [0.5, 0.6) is 0 Å².